The van der Waals surface area contributed by atoms with Crippen molar-refractivity contribution in [3.8, 4) is 6.07 Å². The van der Waals surface area contributed by atoms with Gasteiger partial charge in [-0.15, -0.1) is 0 Å². The first kappa shape index (κ1) is 11.6. The summed E-state index contributed by atoms with van der Waals surface area (Å²) < 4.78 is 0. The molecule has 80 valence electrons. The van der Waals surface area contributed by atoms with Crippen molar-refractivity contribution in [2.75, 3.05) is 18.0 Å². The number of nitriles is 1. The molecule has 0 saturated heterocycles. The van der Waals surface area contributed by atoms with Crippen molar-refractivity contribution in [3.63, 3.8) is 0 Å². The van der Waals surface area contributed by atoms with E-state index in [2.05, 4.69) is 49.1 Å². The minimum Gasteiger partial charge on any atom is -0.371 e. The molecule has 0 saturated carbocycles. The molecular weight excluding hydrogens is 184 g/mol. The Bertz CT molecular complexity index is 321. The first-order valence-corrected chi connectivity index (χ1v) is 5.46. The van der Waals surface area contributed by atoms with Gasteiger partial charge in [-0.05, 0) is 25.5 Å². The second-order valence-corrected chi connectivity index (χ2v) is 3.73. The van der Waals surface area contributed by atoms with Crippen molar-refractivity contribution in [1.29, 1.82) is 5.26 Å². The van der Waals surface area contributed by atoms with Crippen molar-refractivity contribution in [2.24, 2.45) is 0 Å². The average Bonchev–Trinajstić information content (AvgIpc) is 2.25. The van der Waals surface area contributed by atoms with E-state index in [0.717, 1.165) is 19.5 Å². The second-order valence-electron chi connectivity index (χ2n) is 3.73. The molecule has 0 N–H and O–H groups in total. The Kier molecular flexibility index (Phi) is 4.70. The van der Waals surface area contributed by atoms with Gasteiger partial charge in [0.25, 0.3) is 0 Å². The fraction of sp³-hybridized carbons (Fsp3) is 0.462. The molecule has 2 heteroatoms. The maximum atomic E-state index is 8.60. The monoisotopic (exact) mass is 202 g/mol. The lowest BCUT2D eigenvalue weighted by Crippen LogP contribution is -2.24. The van der Waals surface area contributed by atoms with Gasteiger partial charge in [-0.1, -0.05) is 24.6 Å². The highest BCUT2D eigenvalue weighted by Crippen LogP contribution is 2.15. The standard InChI is InChI=1S/C13H18N2/c1-3-10-15(11-4-9-14)13-7-5-12(2)6-8-13/h5-8H,3-4,10-11H2,1-2H3. The molecule has 1 rings (SSSR count). The molecule has 0 heterocycles. The van der Waals surface area contributed by atoms with E-state index in [1.54, 1.807) is 0 Å². The molecule has 1 aromatic carbocycles. The predicted octanol–water partition coefficient (Wildman–Crippen LogP) is 3.13. The van der Waals surface area contributed by atoms with Gasteiger partial charge >= 0.3 is 0 Å². The number of anilines is 1. The molecule has 0 aromatic heterocycles. The van der Waals surface area contributed by atoms with Crippen molar-refractivity contribution in [3.05, 3.63) is 29.8 Å². The van der Waals surface area contributed by atoms with Crippen LogP contribution in [-0.2, 0) is 0 Å². The van der Waals surface area contributed by atoms with E-state index >= 15 is 0 Å². The highest BCUT2D eigenvalue weighted by Gasteiger charge is 2.03. The van der Waals surface area contributed by atoms with E-state index in [-0.39, 0.29) is 0 Å². The number of hydrogen-bond donors (Lipinski definition) is 0. The van der Waals surface area contributed by atoms with Crippen LogP contribution in [0.15, 0.2) is 24.3 Å². The second kappa shape index (κ2) is 6.08. The van der Waals surface area contributed by atoms with Crippen LogP contribution in [0, 0.1) is 18.3 Å². The molecule has 0 radical (unpaired) electrons. The van der Waals surface area contributed by atoms with E-state index in [0.29, 0.717) is 6.42 Å². The van der Waals surface area contributed by atoms with Crippen LogP contribution in [0.3, 0.4) is 0 Å². The lowest BCUT2D eigenvalue weighted by molar-refractivity contribution is 0.768. The Morgan fingerprint density at radius 3 is 2.40 bits per heavy atom. The van der Waals surface area contributed by atoms with Gasteiger partial charge in [0.05, 0.1) is 12.5 Å². The Labute approximate surface area is 92.1 Å². The topological polar surface area (TPSA) is 27.0 Å². The first-order chi connectivity index (χ1) is 7.27. The number of benzene rings is 1. The highest BCUT2D eigenvalue weighted by atomic mass is 15.1. The van der Waals surface area contributed by atoms with Gasteiger partial charge < -0.3 is 4.90 Å². The summed E-state index contributed by atoms with van der Waals surface area (Å²) in [6.45, 7) is 6.09. The number of hydrogen-bond acceptors (Lipinski definition) is 2. The van der Waals surface area contributed by atoms with E-state index in [9.17, 15) is 0 Å². The maximum absolute atomic E-state index is 8.60. The highest BCUT2D eigenvalue weighted by molar-refractivity contribution is 5.47. The van der Waals surface area contributed by atoms with Gasteiger partial charge in [-0.2, -0.15) is 5.26 Å². The molecule has 15 heavy (non-hydrogen) atoms. The summed E-state index contributed by atoms with van der Waals surface area (Å²) in [5.41, 5.74) is 2.49. The van der Waals surface area contributed by atoms with Crippen LogP contribution < -0.4 is 4.90 Å². The Balaban J connectivity index is 2.70. The fourth-order valence-electron chi connectivity index (χ4n) is 1.58. The number of aryl methyl sites for hydroxylation is 1. The first-order valence-electron chi connectivity index (χ1n) is 5.46. The van der Waals surface area contributed by atoms with Gasteiger partial charge in [0, 0.05) is 18.8 Å². The van der Waals surface area contributed by atoms with Crippen molar-refractivity contribution < 1.29 is 0 Å². The predicted molar refractivity (Wildman–Crippen MR) is 63.9 cm³/mol. The van der Waals surface area contributed by atoms with Gasteiger partial charge in [0.1, 0.15) is 0 Å². The number of rotatable bonds is 5. The number of nitrogens with zero attached hydrogens (tertiary/aromatic N) is 2. The minimum atomic E-state index is 0.591. The zero-order valence-corrected chi connectivity index (χ0v) is 9.53. The third-order valence-corrected chi connectivity index (χ3v) is 2.39. The maximum Gasteiger partial charge on any atom is 0.0640 e. The summed E-state index contributed by atoms with van der Waals surface area (Å²) in [5.74, 6) is 0. The van der Waals surface area contributed by atoms with Crippen LogP contribution in [0.4, 0.5) is 5.69 Å². The molecule has 1 aromatic rings. The van der Waals surface area contributed by atoms with Gasteiger partial charge in [-0.3, -0.25) is 0 Å². The fourth-order valence-corrected chi connectivity index (χ4v) is 1.58. The normalized spacial score (nSPS) is 9.67. The largest absolute Gasteiger partial charge is 0.371 e. The van der Waals surface area contributed by atoms with Crippen LogP contribution in [0.25, 0.3) is 0 Å². The summed E-state index contributed by atoms with van der Waals surface area (Å²) >= 11 is 0. The molecule has 0 unspecified atom stereocenters. The zero-order valence-electron chi connectivity index (χ0n) is 9.53. The lowest BCUT2D eigenvalue weighted by Gasteiger charge is -2.23. The quantitative estimate of drug-likeness (QED) is 0.733. The third-order valence-electron chi connectivity index (χ3n) is 2.39. The Morgan fingerprint density at radius 1 is 1.20 bits per heavy atom. The Morgan fingerprint density at radius 2 is 1.87 bits per heavy atom. The van der Waals surface area contributed by atoms with E-state index in [4.69, 9.17) is 5.26 Å². The summed E-state index contributed by atoms with van der Waals surface area (Å²) in [6.07, 6.45) is 1.70. The summed E-state index contributed by atoms with van der Waals surface area (Å²) in [7, 11) is 0. The SMILES string of the molecule is CCCN(CCC#N)c1ccc(C)cc1. The van der Waals surface area contributed by atoms with Crippen LogP contribution >= 0.6 is 0 Å². The van der Waals surface area contributed by atoms with Gasteiger partial charge in [0.2, 0.25) is 0 Å². The molecule has 0 atom stereocenters. The van der Waals surface area contributed by atoms with Crippen LogP contribution in [0.5, 0.6) is 0 Å². The molecule has 0 aliphatic heterocycles. The Hall–Kier alpha value is -1.49. The molecule has 2 nitrogen and oxygen atoms in total. The molecule has 0 amide bonds. The zero-order chi connectivity index (χ0) is 11.1. The molecule has 0 aliphatic rings. The van der Waals surface area contributed by atoms with E-state index in [1.165, 1.54) is 11.3 Å². The minimum absolute atomic E-state index is 0.591. The molecule has 0 bridgehead atoms. The molecular formula is C13H18N2. The average molecular weight is 202 g/mol. The summed E-state index contributed by atoms with van der Waals surface area (Å²) in [5, 5.41) is 8.60. The summed E-state index contributed by atoms with van der Waals surface area (Å²) in [6, 6.07) is 10.7. The van der Waals surface area contributed by atoms with Crippen LogP contribution in [0.2, 0.25) is 0 Å². The van der Waals surface area contributed by atoms with E-state index in [1.807, 2.05) is 0 Å². The van der Waals surface area contributed by atoms with Gasteiger partial charge in [0.15, 0.2) is 0 Å². The molecule has 0 spiro atoms. The lowest BCUT2D eigenvalue weighted by atomic mass is 10.2. The van der Waals surface area contributed by atoms with Crippen molar-refractivity contribution in [2.45, 2.75) is 26.7 Å². The van der Waals surface area contributed by atoms with E-state index < -0.39 is 0 Å². The van der Waals surface area contributed by atoms with Crippen molar-refractivity contribution >= 4 is 5.69 Å². The van der Waals surface area contributed by atoms with Gasteiger partial charge in [-0.25, -0.2) is 0 Å². The van der Waals surface area contributed by atoms with Crippen LogP contribution in [0.1, 0.15) is 25.3 Å². The summed E-state index contributed by atoms with van der Waals surface area (Å²) in [4.78, 5) is 2.27. The molecule has 0 aliphatic carbocycles. The smallest absolute Gasteiger partial charge is 0.0640 e. The molecule has 0 fully saturated rings. The third kappa shape index (κ3) is 3.63. The van der Waals surface area contributed by atoms with Crippen LogP contribution in [-0.4, -0.2) is 13.1 Å². The van der Waals surface area contributed by atoms with Crippen molar-refractivity contribution in [1.82, 2.24) is 0 Å².